The van der Waals surface area contributed by atoms with Crippen molar-refractivity contribution in [3.05, 3.63) is 24.3 Å². The van der Waals surface area contributed by atoms with E-state index in [4.69, 9.17) is 5.84 Å². The van der Waals surface area contributed by atoms with Crippen LogP contribution >= 0.6 is 0 Å². The minimum atomic E-state index is -3.14. The summed E-state index contributed by atoms with van der Waals surface area (Å²) in [4.78, 5) is 0. The van der Waals surface area contributed by atoms with Gasteiger partial charge in [0.25, 0.3) is 0 Å². The molecule has 1 aromatic rings. The molecule has 0 unspecified atom stereocenters. The third-order valence-corrected chi connectivity index (χ3v) is 4.52. The molecule has 6 heteroatoms. The van der Waals surface area contributed by atoms with Gasteiger partial charge >= 0.3 is 0 Å². The third kappa shape index (κ3) is 2.12. The van der Waals surface area contributed by atoms with Crippen LogP contribution in [0.1, 0.15) is 12.8 Å². The largest absolute Gasteiger partial charge is 0.324 e. The van der Waals surface area contributed by atoms with Gasteiger partial charge in [-0.15, -0.1) is 0 Å². The number of benzene rings is 1. The fourth-order valence-electron chi connectivity index (χ4n) is 1.83. The van der Waals surface area contributed by atoms with Crippen molar-refractivity contribution >= 4 is 21.4 Å². The Morgan fingerprint density at radius 1 is 1.31 bits per heavy atom. The van der Waals surface area contributed by atoms with E-state index in [1.54, 1.807) is 24.3 Å². The van der Waals surface area contributed by atoms with Gasteiger partial charge in [-0.2, -0.15) is 0 Å². The molecular weight excluding hydrogens is 226 g/mol. The van der Waals surface area contributed by atoms with E-state index in [0.717, 1.165) is 12.8 Å². The zero-order valence-corrected chi connectivity index (χ0v) is 9.70. The molecule has 3 N–H and O–H groups in total. The van der Waals surface area contributed by atoms with Crippen molar-refractivity contribution < 1.29 is 8.42 Å². The highest BCUT2D eigenvalue weighted by Gasteiger charge is 2.25. The average Bonchev–Trinajstić information content (AvgIpc) is 2.28. The van der Waals surface area contributed by atoms with Crippen LogP contribution in [0.3, 0.4) is 0 Å². The maximum atomic E-state index is 11.9. The van der Waals surface area contributed by atoms with E-state index < -0.39 is 10.0 Å². The second kappa shape index (κ2) is 4.31. The van der Waals surface area contributed by atoms with E-state index >= 15 is 0 Å². The summed E-state index contributed by atoms with van der Waals surface area (Å²) in [7, 11) is -3.14. The summed E-state index contributed by atoms with van der Waals surface area (Å²) < 4.78 is 25.2. The molecule has 0 bridgehead atoms. The quantitative estimate of drug-likeness (QED) is 0.596. The zero-order chi connectivity index (χ0) is 11.6. The Morgan fingerprint density at radius 2 is 2.12 bits per heavy atom. The summed E-state index contributed by atoms with van der Waals surface area (Å²) in [6.45, 7) is 0.552. The number of anilines is 2. The molecular formula is C10H15N3O2S. The highest BCUT2D eigenvalue weighted by Crippen LogP contribution is 2.25. The molecule has 0 spiro atoms. The minimum Gasteiger partial charge on any atom is -0.324 e. The number of sulfonamides is 1. The third-order valence-electron chi connectivity index (χ3n) is 2.65. The van der Waals surface area contributed by atoms with Crippen molar-refractivity contribution in [3.8, 4) is 0 Å². The Hall–Kier alpha value is -1.27. The van der Waals surface area contributed by atoms with Crippen LogP contribution in [-0.4, -0.2) is 20.7 Å². The summed E-state index contributed by atoms with van der Waals surface area (Å²) in [5.74, 6) is 5.53. The zero-order valence-electron chi connectivity index (χ0n) is 8.89. The standard InChI is InChI=1S/C10H15N3O2S/c11-12-9-4-3-5-10(8-9)13-6-1-2-7-16(13,14)15/h3-5,8,12H,1-2,6-7,11H2. The lowest BCUT2D eigenvalue weighted by Crippen LogP contribution is -2.37. The number of nitrogens with one attached hydrogen (secondary N) is 1. The van der Waals surface area contributed by atoms with Crippen LogP contribution in [0, 0.1) is 0 Å². The summed E-state index contributed by atoms with van der Waals surface area (Å²) in [6.07, 6.45) is 1.65. The Balaban J connectivity index is 2.35. The first-order valence-electron chi connectivity index (χ1n) is 5.20. The Bertz CT molecular complexity index is 473. The molecule has 0 amide bonds. The Morgan fingerprint density at radius 3 is 2.81 bits per heavy atom. The van der Waals surface area contributed by atoms with Crippen molar-refractivity contribution in [2.75, 3.05) is 22.0 Å². The van der Waals surface area contributed by atoms with E-state index in [-0.39, 0.29) is 5.75 Å². The maximum Gasteiger partial charge on any atom is 0.235 e. The highest BCUT2D eigenvalue weighted by atomic mass is 32.2. The van der Waals surface area contributed by atoms with Gasteiger partial charge < -0.3 is 5.43 Å². The summed E-state index contributed by atoms with van der Waals surface area (Å²) >= 11 is 0. The lowest BCUT2D eigenvalue weighted by atomic mass is 10.2. The van der Waals surface area contributed by atoms with Crippen molar-refractivity contribution in [1.82, 2.24) is 0 Å². The molecule has 0 aliphatic carbocycles. The number of nitrogens with zero attached hydrogens (tertiary/aromatic N) is 1. The number of nitrogens with two attached hydrogens (primary N) is 1. The van der Waals surface area contributed by atoms with Gasteiger partial charge in [-0.05, 0) is 31.0 Å². The molecule has 1 aliphatic rings. The second-order valence-corrected chi connectivity index (χ2v) is 5.80. The molecule has 0 saturated carbocycles. The average molecular weight is 241 g/mol. The van der Waals surface area contributed by atoms with Crippen LogP contribution in [0.2, 0.25) is 0 Å². The van der Waals surface area contributed by atoms with Crippen LogP contribution in [0.5, 0.6) is 0 Å². The van der Waals surface area contributed by atoms with Gasteiger partial charge in [-0.1, -0.05) is 6.07 Å². The predicted octanol–water partition coefficient (Wildman–Crippen LogP) is 0.902. The molecule has 1 aromatic carbocycles. The fourth-order valence-corrected chi connectivity index (χ4v) is 3.46. The lowest BCUT2D eigenvalue weighted by molar-refractivity contribution is 0.574. The molecule has 0 radical (unpaired) electrons. The highest BCUT2D eigenvalue weighted by molar-refractivity contribution is 7.92. The molecule has 88 valence electrons. The normalized spacial score (nSPS) is 19.4. The van der Waals surface area contributed by atoms with Gasteiger partial charge in [0, 0.05) is 6.54 Å². The monoisotopic (exact) mass is 241 g/mol. The van der Waals surface area contributed by atoms with E-state index in [9.17, 15) is 8.42 Å². The summed E-state index contributed by atoms with van der Waals surface area (Å²) in [5, 5.41) is 0. The van der Waals surface area contributed by atoms with Crippen LogP contribution in [0.4, 0.5) is 11.4 Å². The van der Waals surface area contributed by atoms with Gasteiger partial charge in [-0.25, -0.2) is 8.42 Å². The van der Waals surface area contributed by atoms with Crippen LogP contribution in [0.25, 0.3) is 0 Å². The molecule has 5 nitrogen and oxygen atoms in total. The van der Waals surface area contributed by atoms with Crippen molar-refractivity contribution in [2.24, 2.45) is 5.84 Å². The number of hydrazine groups is 1. The molecule has 1 fully saturated rings. The predicted molar refractivity (Wildman–Crippen MR) is 64.6 cm³/mol. The fraction of sp³-hybridized carbons (Fsp3) is 0.400. The molecule has 1 aliphatic heterocycles. The number of hydrogen-bond donors (Lipinski definition) is 2. The van der Waals surface area contributed by atoms with Gasteiger partial charge in [0.2, 0.25) is 10.0 Å². The lowest BCUT2D eigenvalue weighted by Gasteiger charge is -2.28. The molecule has 1 heterocycles. The van der Waals surface area contributed by atoms with Crippen LogP contribution in [0.15, 0.2) is 24.3 Å². The van der Waals surface area contributed by atoms with E-state index in [0.29, 0.717) is 17.9 Å². The Labute approximate surface area is 95.3 Å². The number of rotatable bonds is 2. The van der Waals surface area contributed by atoms with Gasteiger partial charge in [-0.3, -0.25) is 10.1 Å². The van der Waals surface area contributed by atoms with Gasteiger partial charge in [0.1, 0.15) is 0 Å². The first-order valence-corrected chi connectivity index (χ1v) is 6.81. The smallest absolute Gasteiger partial charge is 0.235 e. The van der Waals surface area contributed by atoms with Crippen LogP contribution in [-0.2, 0) is 10.0 Å². The maximum absolute atomic E-state index is 11.9. The summed E-state index contributed by atoms with van der Waals surface area (Å²) in [5.41, 5.74) is 3.90. The van der Waals surface area contributed by atoms with Crippen molar-refractivity contribution in [3.63, 3.8) is 0 Å². The van der Waals surface area contributed by atoms with Crippen LogP contribution < -0.4 is 15.6 Å². The van der Waals surface area contributed by atoms with E-state index in [1.165, 1.54) is 4.31 Å². The van der Waals surface area contributed by atoms with Gasteiger partial charge in [0.05, 0.1) is 17.1 Å². The molecule has 2 rings (SSSR count). The summed E-state index contributed by atoms with van der Waals surface area (Å²) in [6, 6.07) is 7.10. The Kier molecular flexibility index (Phi) is 3.02. The van der Waals surface area contributed by atoms with Crippen molar-refractivity contribution in [2.45, 2.75) is 12.8 Å². The minimum absolute atomic E-state index is 0.229. The molecule has 1 saturated heterocycles. The number of nitrogen functional groups attached to an aromatic ring is 1. The SMILES string of the molecule is NNc1cccc(N2CCCCS2(=O)=O)c1. The van der Waals surface area contributed by atoms with Gasteiger partial charge in [0.15, 0.2) is 0 Å². The van der Waals surface area contributed by atoms with E-state index in [2.05, 4.69) is 5.43 Å². The molecule has 16 heavy (non-hydrogen) atoms. The molecule has 0 aromatic heterocycles. The molecule has 0 atom stereocenters. The van der Waals surface area contributed by atoms with Crippen molar-refractivity contribution in [1.29, 1.82) is 0 Å². The topological polar surface area (TPSA) is 75.4 Å². The van der Waals surface area contributed by atoms with E-state index in [1.807, 2.05) is 0 Å². The second-order valence-electron chi connectivity index (χ2n) is 3.79. The first kappa shape index (κ1) is 11.2. The number of hydrogen-bond acceptors (Lipinski definition) is 4. The first-order chi connectivity index (χ1) is 7.63.